The van der Waals surface area contributed by atoms with Gasteiger partial charge in [0.2, 0.25) is 0 Å². The van der Waals surface area contributed by atoms with Gasteiger partial charge in [-0.15, -0.1) is 0 Å². The van der Waals surface area contributed by atoms with Crippen molar-refractivity contribution in [3.63, 3.8) is 0 Å². The summed E-state index contributed by atoms with van der Waals surface area (Å²) in [5, 5.41) is 11.2. The van der Waals surface area contributed by atoms with E-state index in [1.165, 1.54) is 24.3 Å². The molecule has 2 atom stereocenters. The molecular formula is C9H12FNO2. The number of nitrogens with one attached hydrogen (secondary N) is 1. The molecule has 1 aliphatic rings. The molecule has 3 nitrogen and oxygen atoms in total. The van der Waals surface area contributed by atoms with Gasteiger partial charge >= 0.3 is 5.97 Å². The summed E-state index contributed by atoms with van der Waals surface area (Å²) in [7, 11) is 0. The van der Waals surface area contributed by atoms with Crippen molar-refractivity contribution in [2.45, 2.75) is 12.7 Å². The van der Waals surface area contributed by atoms with E-state index >= 15 is 0 Å². The molecule has 0 saturated carbocycles. The molecule has 2 unspecified atom stereocenters. The first-order chi connectivity index (χ1) is 6.10. The maximum absolute atomic E-state index is 13.9. The molecule has 0 aromatic heterocycles. The van der Waals surface area contributed by atoms with E-state index in [0.29, 0.717) is 6.54 Å². The predicted molar refractivity (Wildman–Crippen MR) is 46.9 cm³/mol. The van der Waals surface area contributed by atoms with Gasteiger partial charge in [0.25, 0.3) is 0 Å². The van der Waals surface area contributed by atoms with Crippen molar-refractivity contribution in [3.05, 3.63) is 24.3 Å². The van der Waals surface area contributed by atoms with Crippen molar-refractivity contribution in [2.75, 3.05) is 6.54 Å². The highest BCUT2D eigenvalue weighted by Gasteiger charge is 2.40. The third-order valence-corrected chi connectivity index (χ3v) is 1.92. The zero-order chi connectivity index (χ0) is 9.90. The summed E-state index contributed by atoms with van der Waals surface area (Å²) >= 11 is 0. The van der Waals surface area contributed by atoms with Crippen molar-refractivity contribution >= 4 is 5.97 Å². The Bertz CT molecular complexity index is 262. The van der Waals surface area contributed by atoms with E-state index in [-0.39, 0.29) is 0 Å². The minimum atomic E-state index is -1.95. The Morgan fingerprint density at radius 3 is 2.92 bits per heavy atom. The fourth-order valence-electron chi connectivity index (χ4n) is 1.32. The minimum Gasteiger partial charge on any atom is -0.481 e. The first kappa shape index (κ1) is 9.92. The van der Waals surface area contributed by atoms with Crippen molar-refractivity contribution in [3.8, 4) is 0 Å². The van der Waals surface area contributed by atoms with Crippen LogP contribution in [0.15, 0.2) is 24.3 Å². The molecule has 0 aromatic carbocycles. The quantitative estimate of drug-likeness (QED) is 0.647. The minimum absolute atomic E-state index is 0.387. The van der Waals surface area contributed by atoms with Gasteiger partial charge in [-0.1, -0.05) is 25.2 Å². The van der Waals surface area contributed by atoms with Crippen LogP contribution in [0.3, 0.4) is 0 Å². The number of carboxylic acids is 1. The molecule has 0 bridgehead atoms. The van der Waals surface area contributed by atoms with Crippen molar-refractivity contribution < 1.29 is 14.3 Å². The molecule has 13 heavy (non-hydrogen) atoms. The fourth-order valence-corrected chi connectivity index (χ4v) is 1.32. The molecule has 0 amide bonds. The predicted octanol–water partition coefficient (Wildman–Crippen LogP) is 1.09. The molecule has 0 spiro atoms. The summed E-state index contributed by atoms with van der Waals surface area (Å²) < 4.78 is 13.9. The summed E-state index contributed by atoms with van der Waals surface area (Å²) in [5.74, 6) is -4.25. The Kier molecular flexibility index (Phi) is 2.83. The normalized spacial score (nSPS) is 32.0. The number of hydrogen-bond donors (Lipinski definition) is 2. The lowest BCUT2D eigenvalue weighted by Crippen LogP contribution is -2.48. The Balaban J connectivity index is 2.86. The highest BCUT2D eigenvalue weighted by atomic mass is 19.1. The smallest absolute Gasteiger partial charge is 0.315 e. The molecule has 0 fully saturated rings. The molecular weight excluding hydrogens is 173 g/mol. The van der Waals surface area contributed by atoms with Gasteiger partial charge in [0.1, 0.15) is 5.92 Å². The summed E-state index contributed by atoms with van der Waals surface area (Å²) in [6, 6.07) is 0. The lowest BCUT2D eigenvalue weighted by Gasteiger charge is -2.28. The van der Waals surface area contributed by atoms with E-state index < -0.39 is 17.7 Å². The van der Waals surface area contributed by atoms with Gasteiger partial charge in [0, 0.05) is 0 Å². The number of rotatable bonds is 3. The highest BCUT2D eigenvalue weighted by Crippen LogP contribution is 2.26. The number of allylic oxidation sites excluding steroid dienone is 2. The zero-order valence-corrected chi connectivity index (χ0v) is 7.33. The topological polar surface area (TPSA) is 49.3 Å². The molecule has 4 heteroatoms. The molecule has 72 valence electrons. The second-order valence-electron chi connectivity index (χ2n) is 2.86. The van der Waals surface area contributed by atoms with E-state index in [1.807, 2.05) is 0 Å². The summed E-state index contributed by atoms with van der Waals surface area (Å²) in [4.78, 5) is 10.7. The number of hydrogen-bond acceptors (Lipinski definition) is 2. The van der Waals surface area contributed by atoms with E-state index in [9.17, 15) is 9.18 Å². The van der Waals surface area contributed by atoms with Crippen LogP contribution in [-0.2, 0) is 4.79 Å². The molecule has 0 saturated heterocycles. The van der Waals surface area contributed by atoms with Gasteiger partial charge in [-0.05, 0) is 12.6 Å². The van der Waals surface area contributed by atoms with Gasteiger partial charge in [-0.3, -0.25) is 10.1 Å². The second kappa shape index (κ2) is 3.70. The third kappa shape index (κ3) is 1.95. The number of carboxylic acid groups (broad SMARTS) is 1. The summed E-state index contributed by atoms with van der Waals surface area (Å²) in [5.41, 5.74) is 0. The number of halogens is 1. The van der Waals surface area contributed by atoms with E-state index in [1.54, 1.807) is 6.92 Å². The second-order valence-corrected chi connectivity index (χ2v) is 2.86. The van der Waals surface area contributed by atoms with Crippen LogP contribution in [0.25, 0.3) is 0 Å². The lowest BCUT2D eigenvalue weighted by molar-refractivity contribution is -0.144. The van der Waals surface area contributed by atoms with Crippen molar-refractivity contribution in [2.24, 2.45) is 5.92 Å². The van der Waals surface area contributed by atoms with Gasteiger partial charge in [-0.2, -0.15) is 0 Å². The Hall–Kier alpha value is -1.16. The van der Waals surface area contributed by atoms with Crippen LogP contribution in [0.4, 0.5) is 4.39 Å². The van der Waals surface area contributed by atoms with Crippen LogP contribution in [-0.4, -0.2) is 23.4 Å². The first-order valence-electron chi connectivity index (χ1n) is 4.13. The van der Waals surface area contributed by atoms with E-state index in [4.69, 9.17) is 5.11 Å². The van der Waals surface area contributed by atoms with Crippen LogP contribution < -0.4 is 5.32 Å². The molecule has 0 heterocycles. The number of alkyl halides is 1. The van der Waals surface area contributed by atoms with Crippen LogP contribution in [0.5, 0.6) is 0 Å². The van der Waals surface area contributed by atoms with E-state index in [0.717, 1.165) is 0 Å². The van der Waals surface area contributed by atoms with Gasteiger partial charge in [-0.25, -0.2) is 4.39 Å². The average molecular weight is 185 g/mol. The Morgan fingerprint density at radius 2 is 2.38 bits per heavy atom. The van der Waals surface area contributed by atoms with Gasteiger partial charge in [0.05, 0.1) is 0 Å². The Labute approximate surface area is 75.9 Å². The van der Waals surface area contributed by atoms with Crippen molar-refractivity contribution in [1.29, 1.82) is 0 Å². The van der Waals surface area contributed by atoms with Gasteiger partial charge in [0.15, 0.2) is 5.79 Å². The number of aliphatic carboxylic acids is 1. The largest absolute Gasteiger partial charge is 0.481 e. The highest BCUT2D eigenvalue weighted by molar-refractivity contribution is 5.74. The summed E-state index contributed by atoms with van der Waals surface area (Å²) in [6.07, 6.45) is 5.61. The monoisotopic (exact) mass is 185 g/mol. The molecule has 0 radical (unpaired) electrons. The zero-order valence-electron chi connectivity index (χ0n) is 7.33. The van der Waals surface area contributed by atoms with Crippen LogP contribution in [0, 0.1) is 5.92 Å². The van der Waals surface area contributed by atoms with Crippen LogP contribution in [0.2, 0.25) is 0 Å². The number of likely N-dealkylation sites (N-methyl/N-ethyl adjacent to an activating group) is 1. The standard InChI is InChI=1S/C9H12FNO2/c1-2-11-9(10)6-4-3-5-7(9)8(12)13/h3-7,11H,2H2,1H3,(H,12,13). The van der Waals surface area contributed by atoms with Gasteiger partial charge < -0.3 is 5.11 Å². The lowest BCUT2D eigenvalue weighted by atomic mass is 9.92. The third-order valence-electron chi connectivity index (χ3n) is 1.92. The van der Waals surface area contributed by atoms with E-state index in [2.05, 4.69) is 5.32 Å². The number of carbonyl (C=O) groups is 1. The van der Waals surface area contributed by atoms with Crippen LogP contribution >= 0.6 is 0 Å². The molecule has 0 aliphatic heterocycles. The van der Waals surface area contributed by atoms with Crippen molar-refractivity contribution in [1.82, 2.24) is 5.32 Å². The first-order valence-corrected chi connectivity index (χ1v) is 4.13. The molecule has 1 aliphatic carbocycles. The summed E-state index contributed by atoms with van der Waals surface area (Å²) in [6.45, 7) is 2.12. The van der Waals surface area contributed by atoms with Crippen LogP contribution in [0.1, 0.15) is 6.92 Å². The molecule has 2 N–H and O–H groups in total. The SMILES string of the molecule is CCNC1(F)C=CC=CC1C(=O)O. The molecule has 0 aromatic rings. The maximum atomic E-state index is 13.9. The fraction of sp³-hybridized carbons (Fsp3) is 0.444. The average Bonchev–Trinajstić information content (AvgIpc) is 2.04. The molecule has 1 rings (SSSR count). The maximum Gasteiger partial charge on any atom is 0.315 e. The Morgan fingerprint density at radius 1 is 1.69 bits per heavy atom.